The lowest BCUT2D eigenvalue weighted by Gasteiger charge is -2.37. The minimum Gasteiger partial charge on any atom is -0.480 e. The molecule has 0 bridgehead atoms. The zero-order valence-corrected chi connectivity index (χ0v) is 19.2. The summed E-state index contributed by atoms with van der Waals surface area (Å²) in [5.74, 6) is -4.37. The van der Waals surface area contributed by atoms with Crippen LogP contribution < -0.4 is 0 Å². The van der Waals surface area contributed by atoms with Crippen LogP contribution in [0.15, 0.2) is 0 Å². The highest BCUT2D eigenvalue weighted by Crippen LogP contribution is 2.11. The van der Waals surface area contributed by atoms with Crippen molar-refractivity contribution in [3.05, 3.63) is 0 Å². The molecular weight excluding hydrogens is 440 g/mol. The maximum atomic E-state index is 11.8. The molecule has 13 heteroatoms. The van der Waals surface area contributed by atoms with Crippen molar-refractivity contribution < 1.29 is 44.7 Å². The van der Waals surface area contributed by atoms with E-state index in [-0.39, 0.29) is 58.9 Å². The highest BCUT2D eigenvalue weighted by molar-refractivity contribution is 5.74. The number of rotatable bonds is 10. The molecule has 13 nitrogen and oxygen atoms in total. The Bertz CT molecular complexity index is 640. The van der Waals surface area contributed by atoms with Crippen molar-refractivity contribution in [1.82, 2.24) is 19.6 Å². The number of carboxylic acids is 4. The van der Waals surface area contributed by atoms with Crippen LogP contribution in [0.5, 0.6) is 0 Å². The molecule has 0 radical (unpaired) electrons. The number of aliphatic carboxylic acids is 4. The van der Waals surface area contributed by atoms with Gasteiger partial charge in [0.25, 0.3) is 0 Å². The largest absolute Gasteiger partial charge is 0.480 e. The molecule has 0 amide bonds. The Hall–Kier alpha value is -2.32. The van der Waals surface area contributed by atoms with Crippen molar-refractivity contribution in [3.8, 4) is 0 Å². The average Bonchev–Trinajstić information content (AvgIpc) is 2.72. The van der Waals surface area contributed by atoms with Gasteiger partial charge < -0.3 is 25.5 Å². The molecule has 190 valence electrons. The predicted octanol–water partition coefficient (Wildman–Crippen LogP) is -1.93. The SMILES string of the molecule is CCC(C(=O)O)N1CCN(CC(=O)O)CCN(C(CO)C(=O)O)CCN(C(C)C(=O)O)CC1. The van der Waals surface area contributed by atoms with E-state index in [2.05, 4.69) is 0 Å². The third-order valence-electron chi connectivity index (χ3n) is 6.03. The number of aliphatic hydroxyl groups excluding tert-OH is 1. The minimum absolute atomic E-state index is 0.131. The topological polar surface area (TPSA) is 182 Å². The molecular formula is C20H36N4O9. The Labute approximate surface area is 192 Å². The summed E-state index contributed by atoms with van der Waals surface area (Å²) < 4.78 is 0. The van der Waals surface area contributed by atoms with Gasteiger partial charge in [0.1, 0.15) is 18.1 Å². The van der Waals surface area contributed by atoms with Gasteiger partial charge in [0.05, 0.1) is 13.2 Å². The predicted molar refractivity (Wildman–Crippen MR) is 116 cm³/mol. The third kappa shape index (κ3) is 9.21. The molecule has 3 unspecified atom stereocenters. The van der Waals surface area contributed by atoms with Gasteiger partial charge in [-0.2, -0.15) is 0 Å². The zero-order valence-electron chi connectivity index (χ0n) is 19.2. The molecule has 1 heterocycles. The van der Waals surface area contributed by atoms with Crippen molar-refractivity contribution in [2.45, 2.75) is 38.4 Å². The highest BCUT2D eigenvalue weighted by Gasteiger charge is 2.30. The molecule has 1 fully saturated rings. The van der Waals surface area contributed by atoms with Gasteiger partial charge in [0, 0.05) is 52.4 Å². The fraction of sp³-hybridized carbons (Fsp3) is 0.800. The third-order valence-corrected chi connectivity index (χ3v) is 6.03. The molecule has 0 aromatic rings. The molecule has 0 spiro atoms. The first-order chi connectivity index (χ1) is 15.5. The quantitative estimate of drug-likeness (QED) is 0.235. The maximum absolute atomic E-state index is 11.8. The van der Waals surface area contributed by atoms with Crippen LogP contribution in [0.1, 0.15) is 20.3 Å². The van der Waals surface area contributed by atoms with E-state index in [9.17, 15) is 44.7 Å². The van der Waals surface area contributed by atoms with Gasteiger partial charge >= 0.3 is 23.9 Å². The van der Waals surface area contributed by atoms with E-state index in [0.29, 0.717) is 6.42 Å². The molecule has 1 aliphatic rings. The first-order valence-electron chi connectivity index (χ1n) is 11.0. The van der Waals surface area contributed by atoms with Crippen LogP contribution in [-0.4, -0.2) is 153 Å². The molecule has 3 atom stereocenters. The smallest absolute Gasteiger partial charge is 0.323 e. The van der Waals surface area contributed by atoms with Gasteiger partial charge in [-0.3, -0.25) is 38.8 Å². The van der Waals surface area contributed by atoms with Gasteiger partial charge in [-0.1, -0.05) is 6.92 Å². The lowest BCUT2D eigenvalue weighted by Crippen LogP contribution is -2.55. The summed E-state index contributed by atoms with van der Waals surface area (Å²) in [7, 11) is 0. The lowest BCUT2D eigenvalue weighted by atomic mass is 10.1. The summed E-state index contributed by atoms with van der Waals surface area (Å²) in [5.41, 5.74) is 0. The van der Waals surface area contributed by atoms with E-state index in [0.717, 1.165) is 0 Å². The molecule has 0 saturated carbocycles. The van der Waals surface area contributed by atoms with Crippen molar-refractivity contribution in [2.24, 2.45) is 0 Å². The van der Waals surface area contributed by atoms with Crippen molar-refractivity contribution in [3.63, 3.8) is 0 Å². The van der Waals surface area contributed by atoms with Crippen LogP contribution in [-0.2, 0) is 19.2 Å². The first-order valence-corrected chi connectivity index (χ1v) is 11.0. The fourth-order valence-corrected chi connectivity index (χ4v) is 3.96. The standard InChI is InChI=1S/C20H36N4O9/c1-3-15(19(30)31)23-6-4-21(12-17(26)27)5-7-24(16(13-25)20(32)33)11-9-22(8-10-23)14(2)18(28)29/h14-16,25H,3-13H2,1-2H3,(H,26,27)(H,28,29)(H,30,31)(H,32,33). The second-order valence-corrected chi connectivity index (χ2v) is 8.09. The molecule has 0 aliphatic carbocycles. The second kappa shape index (κ2) is 14.1. The summed E-state index contributed by atoms with van der Waals surface area (Å²) in [6.07, 6.45) is 0.327. The number of hydrogen-bond acceptors (Lipinski definition) is 9. The van der Waals surface area contributed by atoms with Crippen molar-refractivity contribution >= 4 is 23.9 Å². The Morgan fingerprint density at radius 1 is 0.697 bits per heavy atom. The van der Waals surface area contributed by atoms with Crippen molar-refractivity contribution in [1.29, 1.82) is 0 Å². The van der Waals surface area contributed by atoms with Gasteiger partial charge in [0.2, 0.25) is 0 Å². The molecule has 1 aliphatic heterocycles. The number of aliphatic hydroxyl groups is 1. The van der Waals surface area contributed by atoms with Gasteiger partial charge in [-0.25, -0.2) is 0 Å². The Morgan fingerprint density at radius 2 is 1.12 bits per heavy atom. The Balaban J connectivity index is 3.23. The summed E-state index contributed by atoms with van der Waals surface area (Å²) in [4.78, 5) is 52.8. The molecule has 5 N–H and O–H groups in total. The molecule has 0 aromatic carbocycles. The van der Waals surface area contributed by atoms with E-state index in [1.807, 2.05) is 0 Å². The fourth-order valence-electron chi connectivity index (χ4n) is 3.96. The Morgan fingerprint density at radius 3 is 1.48 bits per heavy atom. The summed E-state index contributed by atoms with van der Waals surface area (Å²) in [6, 6.07) is -2.90. The van der Waals surface area contributed by atoms with Gasteiger partial charge in [-0.15, -0.1) is 0 Å². The van der Waals surface area contributed by atoms with E-state index in [1.54, 1.807) is 21.6 Å². The summed E-state index contributed by atoms with van der Waals surface area (Å²) >= 11 is 0. The van der Waals surface area contributed by atoms with E-state index in [4.69, 9.17) is 0 Å². The summed E-state index contributed by atoms with van der Waals surface area (Å²) in [6.45, 7) is 3.86. The molecule has 0 aromatic heterocycles. The number of nitrogens with zero attached hydrogens (tertiary/aromatic N) is 4. The number of hydrogen-bond donors (Lipinski definition) is 5. The first kappa shape index (κ1) is 28.7. The lowest BCUT2D eigenvalue weighted by molar-refractivity contribution is -0.147. The number of carboxylic acid groups (broad SMARTS) is 4. The Kier molecular flexibility index (Phi) is 12.2. The maximum Gasteiger partial charge on any atom is 0.323 e. The zero-order chi connectivity index (χ0) is 25.1. The van der Waals surface area contributed by atoms with Crippen LogP contribution in [0.25, 0.3) is 0 Å². The minimum atomic E-state index is -1.23. The molecule has 1 rings (SSSR count). The van der Waals surface area contributed by atoms with Gasteiger partial charge in [-0.05, 0) is 13.3 Å². The number of carbonyl (C=O) groups is 4. The van der Waals surface area contributed by atoms with E-state index < -0.39 is 48.6 Å². The summed E-state index contributed by atoms with van der Waals surface area (Å²) in [5, 5.41) is 47.5. The highest BCUT2D eigenvalue weighted by atomic mass is 16.4. The van der Waals surface area contributed by atoms with Crippen LogP contribution in [0, 0.1) is 0 Å². The van der Waals surface area contributed by atoms with Crippen LogP contribution >= 0.6 is 0 Å². The monoisotopic (exact) mass is 476 g/mol. The van der Waals surface area contributed by atoms with E-state index in [1.165, 1.54) is 11.8 Å². The van der Waals surface area contributed by atoms with Crippen LogP contribution in [0.4, 0.5) is 0 Å². The molecule has 1 saturated heterocycles. The van der Waals surface area contributed by atoms with Gasteiger partial charge in [0.15, 0.2) is 0 Å². The average molecular weight is 477 g/mol. The second-order valence-electron chi connectivity index (χ2n) is 8.09. The van der Waals surface area contributed by atoms with Crippen molar-refractivity contribution in [2.75, 3.05) is 65.5 Å². The molecule has 33 heavy (non-hydrogen) atoms. The van der Waals surface area contributed by atoms with Crippen LogP contribution in [0.2, 0.25) is 0 Å². The normalized spacial score (nSPS) is 21.3. The van der Waals surface area contributed by atoms with Crippen LogP contribution in [0.3, 0.4) is 0 Å². The van der Waals surface area contributed by atoms with E-state index >= 15 is 0 Å².